The van der Waals surface area contributed by atoms with Gasteiger partial charge in [0.25, 0.3) is 0 Å². The minimum Gasteiger partial charge on any atom is -0.394 e. The van der Waals surface area contributed by atoms with E-state index in [-0.39, 0.29) is 12.8 Å². The average molecular weight is 292 g/mol. The predicted molar refractivity (Wildman–Crippen MR) is 74.1 cm³/mol. The SMILES string of the molecule is CCCCC(=O)C(O)(CCCC)C(O)C(O)C(O)CO. The Hall–Kier alpha value is -0.530. The van der Waals surface area contributed by atoms with Gasteiger partial charge in [-0.05, 0) is 12.8 Å². The number of hydrogen-bond acceptors (Lipinski definition) is 6. The van der Waals surface area contributed by atoms with Gasteiger partial charge in [0.1, 0.15) is 18.3 Å². The Morgan fingerprint density at radius 2 is 1.65 bits per heavy atom. The molecule has 0 amide bonds. The second-order valence-electron chi connectivity index (χ2n) is 5.24. The topological polar surface area (TPSA) is 118 Å². The summed E-state index contributed by atoms with van der Waals surface area (Å²) in [5.74, 6) is -0.538. The molecule has 20 heavy (non-hydrogen) atoms. The highest BCUT2D eigenvalue weighted by molar-refractivity contribution is 5.87. The largest absolute Gasteiger partial charge is 0.394 e. The molecule has 0 radical (unpaired) electrons. The molecule has 0 saturated carbocycles. The Labute approximate surface area is 120 Å². The molecule has 120 valence electrons. The van der Waals surface area contributed by atoms with Crippen molar-refractivity contribution in [2.24, 2.45) is 0 Å². The van der Waals surface area contributed by atoms with E-state index in [1.807, 2.05) is 13.8 Å². The van der Waals surface area contributed by atoms with E-state index in [2.05, 4.69) is 0 Å². The molecule has 0 saturated heterocycles. The van der Waals surface area contributed by atoms with Crippen molar-refractivity contribution in [1.82, 2.24) is 0 Å². The van der Waals surface area contributed by atoms with Crippen LogP contribution >= 0.6 is 0 Å². The second-order valence-corrected chi connectivity index (χ2v) is 5.24. The van der Waals surface area contributed by atoms with Gasteiger partial charge in [-0.15, -0.1) is 0 Å². The number of aliphatic hydroxyl groups is 5. The van der Waals surface area contributed by atoms with E-state index in [1.165, 1.54) is 0 Å². The minimum absolute atomic E-state index is 0.0163. The fraction of sp³-hybridized carbons (Fsp3) is 0.929. The summed E-state index contributed by atoms with van der Waals surface area (Å²) in [5, 5.41) is 48.4. The lowest BCUT2D eigenvalue weighted by molar-refractivity contribution is -0.176. The van der Waals surface area contributed by atoms with Crippen molar-refractivity contribution in [2.75, 3.05) is 6.61 Å². The van der Waals surface area contributed by atoms with Crippen LogP contribution in [0.1, 0.15) is 52.4 Å². The zero-order chi connectivity index (χ0) is 15.8. The first-order valence-corrected chi connectivity index (χ1v) is 7.25. The highest BCUT2D eigenvalue weighted by Gasteiger charge is 2.46. The molecule has 0 rings (SSSR count). The number of carbonyl (C=O) groups excluding carboxylic acids is 1. The summed E-state index contributed by atoms with van der Waals surface area (Å²) in [6, 6.07) is 0. The summed E-state index contributed by atoms with van der Waals surface area (Å²) in [7, 11) is 0. The molecule has 6 heteroatoms. The van der Waals surface area contributed by atoms with Gasteiger partial charge in [0.15, 0.2) is 11.4 Å². The van der Waals surface area contributed by atoms with Crippen LogP contribution in [0, 0.1) is 0 Å². The first kappa shape index (κ1) is 19.5. The molecule has 0 aliphatic carbocycles. The number of rotatable bonds is 11. The van der Waals surface area contributed by atoms with Crippen LogP contribution in [0.5, 0.6) is 0 Å². The molecule has 0 spiro atoms. The molecule has 5 N–H and O–H groups in total. The third-order valence-corrected chi connectivity index (χ3v) is 3.55. The molecular formula is C14H28O6. The predicted octanol–water partition coefficient (Wildman–Crippen LogP) is -0.258. The van der Waals surface area contributed by atoms with E-state index in [1.54, 1.807) is 0 Å². The van der Waals surface area contributed by atoms with Gasteiger partial charge in [-0.1, -0.05) is 33.1 Å². The third kappa shape index (κ3) is 5.10. The lowest BCUT2D eigenvalue weighted by atomic mass is 9.81. The summed E-state index contributed by atoms with van der Waals surface area (Å²) < 4.78 is 0. The molecule has 0 aliphatic heterocycles. The van der Waals surface area contributed by atoms with Crippen LogP contribution < -0.4 is 0 Å². The summed E-state index contributed by atoms with van der Waals surface area (Å²) in [6.45, 7) is 3.02. The molecule has 0 bridgehead atoms. The van der Waals surface area contributed by atoms with Gasteiger partial charge in [-0.25, -0.2) is 0 Å². The number of aliphatic hydroxyl groups excluding tert-OH is 4. The maximum atomic E-state index is 12.1. The maximum Gasteiger partial charge on any atom is 0.167 e. The quantitative estimate of drug-likeness (QED) is 0.358. The van der Waals surface area contributed by atoms with Crippen LogP contribution in [0.3, 0.4) is 0 Å². The minimum atomic E-state index is -2.08. The third-order valence-electron chi connectivity index (χ3n) is 3.55. The normalized spacial score (nSPS) is 19.1. The molecule has 0 fully saturated rings. The van der Waals surface area contributed by atoms with Gasteiger partial charge < -0.3 is 25.5 Å². The lowest BCUT2D eigenvalue weighted by Crippen LogP contribution is -2.58. The maximum absolute atomic E-state index is 12.1. The Morgan fingerprint density at radius 1 is 1.10 bits per heavy atom. The van der Waals surface area contributed by atoms with Crippen molar-refractivity contribution in [3.8, 4) is 0 Å². The van der Waals surface area contributed by atoms with E-state index in [0.29, 0.717) is 12.8 Å². The lowest BCUT2D eigenvalue weighted by Gasteiger charge is -2.35. The van der Waals surface area contributed by atoms with Gasteiger partial charge >= 0.3 is 0 Å². The number of ketones is 1. The first-order chi connectivity index (χ1) is 9.34. The van der Waals surface area contributed by atoms with Crippen molar-refractivity contribution in [3.63, 3.8) is 0 Å². The van der Waals surface area contributed by atoms with Gasteiger partial charge in [-0.2, -0.15) is 0 Å². The van der Waals surface area contributed by atoms with Crippen molar-refractivity contribution < 1.29 is 30.3 Å². The Bertz CT molecular complexity index is 283. The molecule has 0 aromatic carbocycles. The van der Waals surface area contributed by atoms with E-state index in [9.17, 15) is 25.2 Å². The molecule has 4 atom stereocenters. The van der Waals surface area contributed by atoms with Gasteiger partial charge in [0.05, 0.1) is 6.61 Å². The molecular weight excluding hydrogens is 264 g/mol. The fourth-order valence-corrected chi connectivity index (χ4v) is 2.05. The number of Topliss-reactive ketones (excluding diaryl/α,β-unsaturated/α-hetero) is 1. The monoisotopic (exact) mass is 292 g/mol. The van der Waals surface area contributed by atoms with Gasteiger partial charge in [-0.3, -0.25) is 4.79 Å². The smallest absolute Gasteiger partial charge is 0.167 e. The number of hydrogen-bond donors (Lipinski definition) is 5. The second kappa shape index (κ2) is 9.41. The van der Waals surface area contributed by atoms with Crippen molar-refractivity contribution >= 4 is 5.78 Å². The number of carbonyl (C=O) groups is 1. The highest BCUT2D eigenvalue weighted by Crippen LogP contribution is 2.26. The molecule has 0 aliphatic rings. The molecule has 0 aromatic rings. The summed E-state index contributed by atoms with van der Waals surface area (Å²) in [5.41, 5.74) is -2.08. The Morgan fingerprint density at radius 3 is 2.10 bits per heavy atom. The van der Waals surface area contributed by atoms with Crippen molar-refractivity contribution in [2.45, 2.75) is 76.3 Å². The summed E-state index contributed by atoms with van der Waals surface area (Å²) in [6.07, 6.45) is -2.49. The van der Waals surface area contributed by atoms with E-state index < -0.39 is 36.3 Å². The van der Waals surface area contributed by atoms with Crippen molar-refractivity contribution in [1.29, 1.82) is 0 Å². The molecule has 0 aromatic heterocycles. The molecule has 6 nitrogen and oxygen atoms in total. The average Bonchev–Trinajstić information content (AvgIpc) is 2.47. The first-order valence-electron chi connectivity index (χ1n) is 7.25. The van der Waals surface area contributed by atoms with Gasteiger partial charge in [0, 0.05) is 6.42 Å². The van der Waals surface area contributed by atoms with Crippen LogP contribution in [0.25, 0.3) is 0 Å². The van der Waals surface area contributed by atoms with Crippen molar-refractivity contribution in [3.05, 3.63) is 0 Å². The van der Waals surface area contributed by atoms with E-state index >= 15 is 0 Å². The van der Waals surface area contributed by atoms with Crippen LogP contribution in [0.15, 0.2) is 0 Å². The summed E-state index contributed by atoms with van der Waals surface area (Å²) in [4.78, 5) is 12.1. The van der Waals surface area contributed by atoms with E-state index in [4.69, 9.17) is 5.11 Å². The van der Waals surface area contributed by atoms with Crippen LogP contribution in [-0.4, -0.2) is 61.8 Å². The molecule has 0 heterocycles. The molecule has 4 unspecified atom stereocenters. The highest BCUT2D eigenvalue weighted by atomic mass is 16.4. The Balaban J connectivity index is 5.04. The van der Waals surface area contributed by atoms with Crippen LogP contribution in [0.2, 0.25) is 0 Å². The zero-order valence-electron chi connectivity index (χ0n) is 12.3. The standard InChI is InChI=1S/C14H28O6/c1-3-5-7-11(17)14(20,8-6-4-2)13(19)12(18)10(16)9-15/h10,12-13,15-16,18-20H,3-9H2,1-2H3. The van der Waals surface area contributed by atoms with Gasteiger partial charge in [0.2, 0.25) is 0 Å². The Kier molecular flexibility index (Phi) is 9.16. The summed E-state index contributed by atoms with van der Waals surface area (Å²) >= 11 is 0. The van der Waals surface area contributed by atoms with Crippen LogP contribution in [-0.2, 0) is 4.79 Å². The number of unbranched alkanes of at least 4 members (excludes halogenated alkanes) is 2. The van der Waals surface area contributed by atoms with Crippen LogP contribution in [0.4, 0.5) is 0 Å². The van der Waals surface area contributed by atoms with E-state index in [0.717, 1.165) is 12.8 Å². The fourth-order valence-electron chi connectivity index (χ4n) is 2.05. The zero-order valence-corrected chi connectivity index (χ0v) is 12.3.